The summed E-state index contributed by atoms with van der Waals surface area (Å²) in [6.07, 6.45) is 1.06. The Labute approximate surface area is 279 Å². The summed E-state index contributed by atoms with van der Waals surface area (Å²) < 4.78 is 44.7. The van der Waals surface area contributed by atoms with Crippen LogP contribution in [0.25, 0.3) is 11.1 Å². The van der Waals surface area contributed by atoms with E-state index in [-0.39, 0.29) is 10.8 Å². The number of carbonyl (C=O) groups excluding carboxylic acids is 2. The fourth-order valence-corrected chi connectivity index (χ4v) is 5.44. The molecule has 0 bridgehead atoms. The lowest BCUT2D eigenvalue weighted by molar-refractivity contribution is -0.657. The normalized spacial score (nSPS) is 16.5. The van der Waals surface area contributed by atoms with Gasteiger partial charge < -0.3 is 36.0 Å². The second kappa shape index (κ2) is 14.9. The molecule has 3 aromatic rings. The maximum absolute atomic E-state index is 13.2. The van der Waals surface area contributed by atoms with Crippen molar-refractivity contribution in [2.75, 3.05) is 30.7 Å². The molecule has 18 nitrogen and oxygen atoms in total. The number of thiazole rings is 1. The van der Waals surface area contributed by atoms with Crippen LogP contribution in [0.15, 0.2) is 53.1 Å². The number of ether oxygens (including phenoxy) is 1. The van der Waals surface area contributed by atoms with Gasteiger partial charge in [0, 0.05) is 11.4 Å². The quantitative estimate of drug-likeness (QED) is 0.0244. The Bertz CT molecular complexity index is 1800. The lowest BCUT2D eigenvalue weighted by atomic mass is 9.84. The number of hydroxylamine groups is 2. The van der Waals surface area contributed by atoms with Crippen LogP contribution in [0.2, 0.25) is 0 Å². The van der Waals surface area contributed by atoms with Crippen molar-refractivity contribution in [1.82, 2.24) is 15.4 Å². The van der Waals surface area contributed by atoms with Gasteiger partial charge in [-0.2, -0.15) is 9.35 Å². The summed E-state index contributed by atoms with van der Waals surface area (Å²) in [5.41, 5.74) is 11.0. The van der Waals surface area contributed by atoms with Gasteiger partial charge in [-0.3, -0.25) is 14.9 Å². The molecule has 1 aliphatic rings. The highest BCUT2D eigenvalue weighted by atomic mass is 32.3. The molecule has 3 heterocycles. The lowest BCUT2D eigenvalue weighted by Gasteiger charge is -2.51. The summed E-state index contributed by atoms with van der Waals surface area (Å²) in [6.45, 7) is 3.47. The molecular formula is C28H34N8O10S2. The Kier molecular flexibility index (Phi) is 11.2. The van der Waals surface area contributed by atoms with E-state index in [2.05, 4.69) is 25.1 Å². The lowest BCUT2D eigenvalue weighted by Crippen LogP contribution is -2.76. The number of pyridine rings is 1. The van der Waals surface area contributed by atoms with E-state index in [1.165, 1.54) is 19.2 Å². The number of nitrogens with zero attached hydrogens (tertiary/aromatic N) is 4. The molecule has 1 aliphatic heterocycles. The zero-order valence-corrected chi connectivity index (χ0v) is 27.6. The molecule has 1 fully saturated rings. The predicted molar refractivity (Wildman–Crippen MR) is 170 cm³/mol. The molecule has 0 radical (unpaired) electrons. The highest BCUT2D eigenvalue weighted by Gasteiger charge is 2.57. The molecule has 20 heteroatoms. The van der Waals surface area contributed by atoms with E-state index in [4.69, 9.17) is 21.0 Å². The smallest absolute Gasteiger partial charge is 0.351 e. The number of aryl methyl sites for hydroxylation is 1. The number of carbonyl (C=O) groups is 3. The first kappa shape index (κ1) is 36.0. The molecule has 0 unspecified atom stereocenters. The zero-order chi connectivity index (χ0) is 35.2. The first-order valence-electron chi connectivity index (χ1n) is 14.3. The van der Waals surface area contributed by atoms with Gasteiger partial charge in [0.1, 0.15) is 24.1 Å². The number of nitrogen functional groups attached to an aromatic ring is 1. The number of carboxylic acid groups (broad SMARTS) is 1. The van der Waals surface area contributed by atoms with Gasteiger partial charge in [0.2, 0.25) is 10.4 Å². The average Bonchev–Trinajstić information content (AvgIpc) is 3.46. The van der Waals surface area contributed by atoms with Crippen LogP contribution in [0.1, 0.15) is 26.0 Å². The Morgan fingerprint density at radius 1 is 1.25 bits per heavy atom. The van der Waals surface area contributed by atoms with Crippen molar-refractivity contribution in [2.45, 2.75) is 38.0 Å². The third-order valence-electron chi connectivity index (χ3n) is 7.07. The summed E-state index contributed by atoms with van der Waals surface area (Å²) in [5.74, 6) is -2.28. The van der Waals surface area contributed by atoms with Crippen molar-refractivity contribution >= 4 is 56.2 Å². The molecule has 258 valence electrons. The van der Waals surface area contributed by atoms with Gasteiger partial charge in [0.05, 0.1) is 25.3 Å². The van der Waals surface area contributed by atoms with Crippen molar-refractivity contribution in [3.8, 4) is 16.9 Å². The Balaban J connectivity index is 1.44. The molecule has 48 heavy (non-hydrogen) atoms. The van der Waals surface area contributed by atoms with Gasteiger partial charge in [0.15, 0.2) is 10.8 Å². The van der Waals surface area contributed by atoms with Gasteiger partial charge in [-0.1, -0.05) is 17.3 Å². The second-order valence-corrected chi connectivity index (χ2v) is 12.8. The van der Waals surface area contributed by atoms with E-state index in [0.29, 0.717) is 17.4 Å². The van der Waals surface area contributed by atoms with Crippen LogP contribution < -0.4 is 31.4 Å². The van der Waals surface area contributed by atoms with Crippen molar-refractivity contribution in [3.63, 3.8) is 0 Å². The molecule has 7 N–H and O–H groups in total. The fraction of sp³-hybridized carbons (Fsp3) is 0.357. The number of rotatable bonds is 16. The number of β-lactam (4-membered cyclic amide) rings is 1. The molecule has 1 aromatic carbocycles. The van der Waals surface area contributed by atoms with Crippen LogP contribution in [-0.4, -0.2) is 89.0 Å². The van der Waals surface area contributed by atoms with Crippen LogP contribution in [0, 0.1) is 0 Å². The van der Waals surface area contributed by atoms with Crippen LogP contribution >= 0.6 is 11.3 Å². The first-order valence-corrected chi connectivity index (χ1v) is 16.5. The van der Waals surface area contributed by atoms with Crippen LogP contribution in [0.4, 0.5) is 10.9 Å². The number of carboxylic acids is 1. The number of nitrogens with two attached hydrogens (primary N) is 2. The van der Waals surface area contributed by atoms with Gasteiger partial charge in [0.25, 0.3) is 23.7 Å². The highest BCUT2D eigenvalue weighted by Crippen LogP contribution is 2.33. The molecule has 0 spiro atoms. The largest absolute Gasteiger partial charge is 0.724 e. The minimum atomic E-state index is -5.27. The average molecular weight is 707 g/mol. The van der Waals surface area contributed by atoms with Crippen LogP contribution in [0.3, 0.4) is 0 Å². The number of hydrogen-bond donors (Lipinski definition) is 5. The number of benzene rings is 1. The summed E-state index contributed by atoms with van der Waals surface area (Å²) in [5, 5.41) is 20.9. The van der Waals surface area contributed by atoms with E-state index in [1.54, 1.807) is 24.3 Å². The van der Waals surface area contributed by atoms with Gasteiger partial charge in [-0.05, 0) is 56.1 Å². The number of anilines is 2. The third-order valence-corrected chi connectivity index (χ3v) is 8.08. The van der Waals surface area contributed by atoms with Gasteiger partial charge in [-0.25, -0.2) is 22.8 Å². The summed E-state index contributed by atoms with van der Waals surface area (Å²) in [6, 6.07) is 9.51. The fourth-order valence-electron chi connectivity index (χ4n) is 4.44. The van der Waals surface area contributed by atoms with Crippen molar-refractivity contribution in [3.05, 3.63) is 53.7 Å². The molecule has 1 saturated heterocycles. The van der Waals surface area contributed by atoms with E-state index < -0.39 is 58.2 Å². The first-order chi connectivity index (χ1) is 22.6. The number of amides is 2. The van der Waals surface area contributed by atoms with E-state index in [1.807, 2.05) is 29.9 Å². The monoisotopic (exact) mass is 706 g/mol. The Morgan fingerprint density at radius 2 is 1.96 bits per heavy atom. The number of aromatic nitrogens is 2. The number of hydrogen-bond acceptors (Lipinski definition) is 15. The summed E-state index contributed by atoms with van der Waals surface area (Å²) >= 11 is 0.952. The second-order valence-electron chi connectivity index (χ2n) is 10.9. The summed E-state index contributed by atoms with van der Waals surface area (Å²) in [7, 11) is -3.35. The number of aliphatic carboxylic acids is 1. The predicted octanol–water partition coefficient (Wildman–Crippen LogP) is -0.272. The molecule has 2 aromatic heterocycles. The summed E-state index contributed by atoms with van der Waals surface area (Å²) in [4.78, 5) is 46.9. The van der Waals surface area contributed by atoms with Crippen molar-refractivity contribution < 1.29 is 50.9 Å². The SMILES string of the molecule is C[n+]1ccc(-c2ccc(OC[C@H](O/N=C(\C(=O)N[C@@H]3C(=O)N(OS(=O)(=O)[O-])C3(C)C)c3csc(N)n3)C(=O)O)cc2)cc1NCCCN. The van der Waals surface area contributed by atoms with E-state index in [0.717, 1.165) is 41.2 Å². The standard InChI is InChI=1S/C28H34N8O10S2/c1-28(2)23(25(38)36(28)46-48(41,42)43)33-24(37)22(19-15-47-27(30)32-19)34-45-20(26(39)40)14-44-18-7-5-16(6-8-18)17-9-12-35(3)21(13-17)31-11-4-10-29/h5-9,12-13,15,20,23H,4,10-11,14,29H2,1-3H3,(H5,30,32,33,37,39,40,41,42,43)/b34-22-/t20-,23+/m0/s1. The Hall–Kier alpha value is -4.89. The maximum Gasteiger partial charge on any atom is 0.351 e. The van der Waals surface area contributed by atoms with Crippen molar-refractivity contribution in [1.29, 1.82) is 0 Å². The van der Waals surface area contributed by atoms with E-state index in [9.17, 15) is 32.5 Å². The van der Waals surface area contributed by atoms with Crippen LogP contribution in [-0.2, 0) is 41.0 Å². The Morgan fingerprint density at radius 3 is 2.54 bits per heavy atom. The topological polar surface area (TPSA) is 265 Å². The molecule has 4 rings (SSSR count). The zero-order valence-electron chi connectivity index (χ0n) is 26.0. The van der Waals surface area contributed by atoms with E-state index >= 15 is 0 Å². The van der Waals surface area contributed by atoms with Gasteiger partial charge >= 0.3 is 5.97 Å². The van der Waals surface area contributed by atoms with Crippen molar-refractivity contribution in [2.24, 2.45) is 17.9 Å². The minimum absolute atomic E-state index is 0.0517. The third kappa shape index (κ3) is 8.72. The number of oxime groups is 1. The maximum atomic E-state index is 13.2. The molecular weight excluding hydrogens is 672 g/mol. The van der Waals surface area contributed by atoms with Crippen LogP contribution in [0.5, 0.6) is 5.75 Å². The highest BCUT2D eigenvalue weighted by molar-refractivity contribution is 7.80. The number of nitrogens with one attached hydrogen (secondary N) is 2. The molecule has 0 aliphatic carbocycles. The molecule has 2 atom stereocenters. The molecule has 2 amide bonds. The minimum Gasteiger partial charge on any atom is -0.724 e. The molecule has 0 saturated carbocycles. The van der Waals surface area contributed by atoms with Gasteiger partial charge in [-0.15, -0.1) is 11.3 Å².